The summed E-state index contributed by atoms with van der Waals surface area (Å²) in [6.07, 6.45) is 3.47. The maximum Gasteiger partial charge on any atom is 0.105 e. The van der Waals surface area contributed by atoms with Crippen LogP contribution in [0.1, 0.15) is 13.8 Å². The zero-order chi connectivity index (χ0) is 7.61. The van der Waals surface area contributed by atoms with Crippen molar-refractivity contribution in [3.63, 3.8) is 0 Å². The van der Waals surface area contributed by atoms with Crippen molar-refractivity contribution in [2.24, 2.45) is 0 Å². The van der Waals surface area contributed by atoms with Gasteiger partial charge in [0, 0.05) is 16.6 Å². The van der Waals surface area contributed by atoms with Crippen LogP contribution >= 0.6 is 0 Å². The molecule has 0 aromatic rings. The predicted molar refractivity (Wildman–Crippen MR) is 42.2 cm³/mol. The Morgan fingerprint density at radius 1 is 1.80 bits per heavy atom. The minimum Gasteiger partial charge on any atom is -0.500 e. The monoisotopic (exact) mass is 160 g/mol. The van der Waals surface area contributed by atoms with Crippen LogP contribution in [0.15, 0.2) is 12.3 Å². The standard InChI is InChI=1S/C7H12O2S/c1-3-4-9-5-7(2)6-10(7)8/h3-4H,5-6H2,1-2H3/b4-3+. The first kappa shape index (κ1) is 7.79. The Balaban J connectivity index is 2.21. The van der Waals surface area contributed by atoms with Crippen molar-refractivity contribution < 1.29 is 8.95 Å². The van der Waals surface area contributed by atoms with Crippen molar-refractivity contribution in [2.75, 3.05) is 12.4 Å². The number of hydrogen-bond acceptors (Lipinski definition) is 2. The zero-order valence-electron chi connectivity index (χ0n) is 6.29. The minimum atomic E-state index is -0.627. The van der Waals surface area contributed by atoms with Crippen LogP contribution in [0.2, 0.25) is 0 Å². The van der Waals surface area contributed by atoms with Crippen molar-refractivity contribution in [1.29, 1.82) is 0 Å². The molecule has 0 aromatic heterocycles. The quantitative estimate of drug-likeness (QED) is 0.456. The molecule has 0 saturated carbocycles. The summed E-state index contributed by atoms with van der Waals surface area (Å²) >= 11 is 0. The number of ether oxygens (including phenoxy) is 1. The highest BCUT2D eigenvalue weighted by Gasteiger charge is 2.48. The van der Waals surface area contributed by atoms with Crippen LogP contribution in [0.5, 0.6) is 0 Å². The Bertz CT molecular complexity index is 176. The lowest BCUT2D eigenvalue weighted by atomic mass is 10.2. The summed E-state index contributed by atoms with van der Waals surface area (Å²) < 4.78 is 15.9. The largest absolute Gasteiger partial charge is 0.500 e. The molecule has 3 heteroatoms. The molecule has 2 atom stereocenters. The fourth-order valence-electron chi connectivity index (χ4n) is 0.676. The van der Waals surface area contributed by atoms with E-state index in [1.165, 1.54) is 0 Å². The molecule has 1 heterocycles. The molecule has 58 valence electrons. The molecule has 1 aliphatic rings. The summed E-state index contributed by atoms with van der Waals surface area (Å²) in [6, 6.07) is 0. The second-order valence-electron chi connectivity index (χ2n) is 2.72. The number of rotatable bonds is 3. The van der Waals surface area contributed by atoms with Gasteiger partial charge in [-0.1, -0.05) is 6.08 Å². The van der Waals surface area contributed by atoms with Crippen molar-refractivity contribution in [3.05, 3.63) is 12.3 Å². The molecule has 2 nitrogen and oxygen atoms in total. The van der Waals surface area contributed by atoms with Crippen molar-refractivity contribution >= 4 is 10.8 Å². The van der Waals surface area contributed by atoms with E-state index in [1.54, 1.807) is 6.26 Å². The maximum absolute atomic E-state index is 10.8. The molecule has 10 heavy (non-hydrogen) atoms. The van der Waals surface area contributed by atoms with E-state index >= 15 is 0 Å². The number of hydrogen-bond donors (Lipinski definition) is 0. The predicted octanol–water partition coefficient (Wildman–Crippen LogP) is 1.06. The summed E-state index contributed by atoms with van der Waals surface area (Å²) in [6.45, 7) is 4.46. The van der Waals surface area contributed by atoms with Crippen LogP contribution in [0.3, 0.4) is 0 Å². The molecule has 2 unspecified atom stereocenters. The van der Waals surface area contributed by atoms with Gasteiger partial charge < -0.3 is 4.74 Å². The minimum absolute atomic E-state index is 0.0422. The Kier molecular flexibility index (Phi) is 2.14. The molecule has 0 aliphatic carbocycles. The fraction of sp³-hybridized carbons (Fsp3) is 0.714. The molecular weight excluding hydrogens is 148 g/mol. The Labute approximate surface area is 63.7 Å². The highest BCUT2D eigenvalue weighted by Crippen LogP contribution is 2.31. The van der Waals surface area contributed by atoms with E-state index < -0.39 is 10.8 Å². The van der Waals surface area contributed by atoms with Crippen LogP contribution < -0.4 is 0 Å². The SMILES string of the molecule is C/C=C/OCC1(C)CS1=O. The van der Waals surface area contributed by atoms with Crippen LogP contribution in [0.4, 0.5) is 0 Å². The van der Waals surface area contributed by atoms with Gasteiger partial charge in [0.15, 0.2) is 0 Å². The molecule has 1 saturated heterocycles. The van der Waals surface area contributed by atoms with Gasteiger partial charge in [-0.15, -0.1) is 0 Å². The molecule has 1 aliphatic heterocycles. The van der Waals surface area contributed by atoms with Crippen molar-refractivity contribution in [2.45, 2.75) is 18.6 Å². The molecular formula is C7H12O2S. The van der Waals surface area contributed by atoms with E-state index in [1.807, 2.05) is 19.9 Å². The molecule has 0 radical (unpaired) electrons. The molecule has 0 bridgehead atoms. The number of allylic oxidation sites excluding steroid dienone is 1. The van der Waals surface area contributed by atoms with E-state index in [4.69, 9.17) is 4.74 Å². The second kappa shape index (κ2) is 2.74. The Morgan fingerprint density at radius 2 is 2.40 bits per heavy atom. The Morgan fingerprint density at radius 3 is 2.80 bits per heavy atom. The molecule has 1 fully saturated rings. The summed E-state index contributed by atoms with van der Waals surface area (Å²) in [5.74, 6) is 0.796. The average molecular weight is 160 g/mol. The van der Waals surface area contributed by atoms with Gasteiger partial charge in [0.2, 0.25) is 0 Å². The first-order chi connectivity index (χ1) is 4.69. The van der Waals surface area contributed by atoms with Gasteiger partial charge in [-0.2, -0.15) is 0 Å². The highest BCUT2D eigenvalue weighted by molar-refractivity contribution is 7.94. The van der Waals surface area contributed by atoms with Gasteiger partial charge in [0.25, 0.3) is 0 Å². The normalized spacial score (nSPS) is 38.4. The summed E-state index contributed by atoms with van der Waals surface area (Å²) in [4.78, 5) is 0. The van der Waals surface area contributed by atoms with E-state index in [-0.39, 0.29) is 4.75 Å². The van der Waals surface area contributed by atoms with E-state index in [0.717, 1.165) is 5.75 Å². The zero-order valence-corrected chi connectivity index (χ0v) is 7.11. The topological polar surface area (TPSA) is 26.3 Å². The Hall–Kier alpha value is -0.310. The van der Waals surface area contributed by atoms with Crippen molar-refractivity contribution in [1.82, 2.24) is 0 Å². The summed E-state index contributed by atoms with van der Waals surface area (Å²) in [5.41, 5.74) is 0. The fourth-order valence-corrected chi connectivity index (χ4v) is 1.60. The van der Waals surface area contributed by atoms with Gasteiger partial charge in [-0.25, -0.2) is 0 Å². The molecule has 0 amide bonds. The molecule has 0 spiro atoms. The van der Waals surface area contributed by atoms with Gasteiger partial charge in [0.05, 0.1) is 11.0 Å². The molecule has 0 N–H and O–H groups in total. The second-order valence-corrected chi connectivity index (χ2v) is 4.69. The third kappa shape index (κ3) is 1.59. The lowest BCUT2D eigenvalue weighted by Gasteiger charge is -2.02. The van der Waals surface area contributed by atoms with Crippen LogP contribution in [0, 0.1) is 0 Å². The van der Waals surface area contributed by atoms with Crippen LogP contribution in [-0.2, 0) is 15.5 Å². The van der Waals surface area contributed by atoms with E-state index in [2.05, 4.69) is 0 Å². The third-order valence-corrected chi connectivity index (χ3v) is 3.43. The highest BCUT2D eigenvalue weighted by atomic mass is 32.2. The lowest BCUT2D eigenvalue weighted by molar-refractivity contribution is 0.235. The average Bonchev–Trinajstić information content (AvgIpc) is 2.42. The van der Waals surface area contributed by atoms with Gasteiger partial charge in [-0.3, -0.25) is 4.21 Å². The van der Waals surface area contributed by atoms with E-state index in [0.29, 0.717) is 6.61 Å². The smallest absolute Gasteiger partial charge is 0.105 e. The lowest BCUT2D eigenvalue weighted by Crippen LogP contribution is -2.12. The summed E-state index contributed by atoms with van der Waals surface area (Å²) in [5, 5.41) is 0. The molecule has 0 aromatic carbocycles. The van der Waals surface area contributed by atoms with Crippen LogP contribution in [0.25, 0.3) is 0 Å². The van der Waals surface area contributed by atoms with Gasteiger partial charge in [0.1, 0.15) is 6.61 Å². The maximum atomic E-state index is 10.8. The third-order valence-electron chi connectivity index (χ3n) is 1.52. The van der Waals surface area contributed by atoms with E-state index in [9.17, 15) is 4.21 Å². The van der Waals surface area contributed by atoms with Crippen LogP contribution in [-0.4, -0.2) is 21.3 Å². The van der Waals surface area contributed by atoms with Gasteiger partial charge in [-0.05, 0) is 13.8 Å². The first-order valence-electron chi connectivity index (χ1n) is 3.30. The molecule has 1 rings (SSSR count). The van der Waals surface area contributed by atoms with Gasteiger partial charge >= 0.3 is 0 Å². The van der Waals surface area contributed by atoms with Crippen molar-refractivity contribution in [3.8, 4) is 0 Å². The summed E-state index contributed by atoms with van der Waals surface area (Å²) in [7, 11) is -0.627. The first-order valence-corrected chi connectivity index (χ1v) is 4.62.